The zero-order valence-electron chi connectivity index (χ0n) is 12.6. The van der Waals surface area contributed by atoms with Gasteiger partial charge < -0.3 is 0 Å². The van der Waals surface area contributed by atoms with Crippen LogP contribution < -0.4 is 0 Å². The molecule has 0 radical (unpaired) electrons. The first-order valence-corrected chi connectivity index (χ1v) is 7.97. The van der Waals surface area contributed by atoms with Crippen LogP contribution in [0.2, 0.25) is 0 Å². The standard InChI is InChI=1S/C16H27F3O/c1-3-5-6-12(4-2)11-15(20)13-7-9-14(10-8-13)16(17,18)19/h12-14H,3-11H2,1-2H3. The zero-order chi connectivity index (χ0) is 15.2. The molecule has 20 heavy (non-hydrogen) atoms. The Morgan fingerprint density at radius 1 is 1.15 bits per heavy atom. The number of unbranched alkanes of at least 4 members (excludes halogenated alkanes) is 1. The molecule has 4 heteroatoms. The van der Waals surface area contributed by atoms with Gasteiger partial charge in [-0.25, -0.2) is 0 Å². The predicted molar refractivity (Wildman–Crippen MR) is 74.4 cm³/mol. The second-order valence-corrected chi connectivity index (χ2v) is 6.18. The lowest BCUT2D eigenvalue weighted by molar-refractivity contribution is -0.184. The molecule has 1 rings (SSSR count). The number of rotatable bonds is 7. The van der Waals surface area contributed by atoms with Crippen molar-refractivity contribution in [1.82, 2.24) is 0 Å². The number of Topliss-reactive ketones (excluding diaryl/α,β-unsaturated/α-hetero) is 1. The maximum atomic E-state index is 12.6. The summed E-state index contributed by atoms with van der Waals surface area (Å²) in [5.74, 6) is -0.686. The van der Waals surface area contributed by atoms with Gasteiger partial charge in [0.25, 0.3) is 0 Å². The van der Waals surface area contributed by atoms with E-state index in [9.17, 15) is 18.0 Å². The summed E-state index contributed by atoms with van der Waals surface area (Å²) in [6.45, 7) is 4.22. The smallest absolute Gasteiger partial charge is 0.299 e. The van der Waals surface area contributed by atoms with Crippen molar-refractivity contribution >= 4 is 5.78 Å². The number of carbonyl (C=O) groups excluding carboxylic acids is 1. The fraction of sp³-hybridized carbons (Fsp3) is 0.938. The van der Waals surface area contributed by atoms with Crippen molar-refractivity contribution in [3.05, 3.63) is 0 Å². The number of ketones is 1. The van der Waals surface area contributed by atoms with Gasteiger partial charge in [-0.1, -0.05) is 39.5 Å². The Hall–Kier alpha value is -0.540. The molecule has 1 atom stereocenters. The Bertz CT molecular complexity index is 291. The molecule has 0 amide bonds. The summed E-state index contributed by atoms with van der Waals surface area (Å²) in [5.41, 5.74) is 0. The van der Waals surface area contributed by atoms with E-state index in [1.165, 1.54) is 0 Å². The van der Waals surface area contributed by atoms with Gasteiger partial charge in [0.1, 0.15) is 5.78 Å². The van der Waals surface area contributed by atoms with E-state index in [0.29, 0.717) is 25.2 Å². The second kappa shape index (κ2) is 8.04. The summed E-state index contributed by atoms with van der Waals surface area (Å²) in [6, 6.07) is 0. The van der Waals surface area contributed by atoms with Crippen molar-refractivity contribution in [2.45, 2.75) is 77.8 Å². The van der Waals surface area contributed by atoms with Gasteiger partial charge in [-0.2, -0.15) is 13.2 Å². The van der Waals surface area contributed by atoms with E-state index in [-0.39, 0.29) is 24.5 Å². The molecule has 0 aliphatic heterocycles. The van der Waals surface area contributed by atoms with Crippen LogP contribution in [0.5, 0.6) is 0 Å². The monoisotopic (exact) mass is 292 g/mol. The molecule has 0 saturated heterocycles. The fourth-order valence-corrected chi connectivity index (χ4v) is 3.14. The molecule has 1 aliphatic rings. The molecule has 0 aromatic rings. The van der Waals surface area contributed by atoms with Gasteiger partial charge in [0.2, 0.25) is 0 Å². The van der Waals surface area contributed by atoms with Crippen molar-refractivity contribution in [2.24, 2.45) is 17.8 Å². The van der Waals surface area contributed by atoms with Gasteiger partial charge in [0.05, 0.1) is 5.92 Å². The number of alkyl halides is 3. The van der Waals surface area contributed by atoms with Crippen LogP contribution in [0.15, 0.2) is 0 Å². The van der Waals surface area contributed by atoms with Gasteiger partial charge >= 0.3 is 6.18 Å². The molecule has 1 nitrogen and oxygen atoms in total. The predicted octanol–water partition coefficient (Wildman–Crippen LogP) is 5.53. The molecule has 0 spiro atoms. The molecule has 118 valence electrons. The van der Waals surface area contributed by atoms with Crippen LogP contribution in [-0.4, -0.2) is 12.0 Å². The first-order chi connectivity index (χ1) is 9.38. The highest BCUT2D eigenvalue weighted by Crippen LogP contribution is 2.40. The summed E-state index contributed by atoms with van der Waals surface area (Å²) in [6.07, 6.45) is 1.91. The van der Waals surface area contributed by atoms with Crippen molar-refractivity contribution in [3.8, 4) is 0 Å². The average Bonchev–Trinajstić information content (AvgIpc) is 2.42. The SMILES string of the molecule is CCCCC(CC)CC(=O)C1CCC(C(F)(F)F)CC1. The number of hydrogen-bond acceptors (Lipinski definition) is 1. The molecule has 0 N–H and O–H groups in total. The molecule has 1 unspecified atom stereocenters. The minimum Gasteiger partial charge on any atom is -0.299 e. The third kappa shape index (κ3) is 5.45. The summed E-state index contributed by atoms with van der Waals surface area (Å²) in [4.78, 5) is 12.2. The average molecular weight is 292 g/mol. The van der Waals surface area contributed by atoms with E-state index in [2.05, 4.69) is 13.8 Å². The lowest BCUT2D eigenvalue weighted by atomic mass is 9.77. The Kier molecular flexibility index (Phi) is 7.04. The highest BCUT2D eigenvalue weighted by Gasteiger charge is 2.42. The van der Waals surface area contributed by atoms with Gasteiger partial charge in [0.15, 0.2) is 0 Å². The second-order valence-electron chi connectivity index (χ2n) is 6.18. The fourth-order valence-electron chi connectivity index (χ4n) is 3.14. The molecule has 1 saturated carbocycles. The third-order valence-electron chi connectivity index (χ3n) is 4.68. The number of carbonyl (C=O) groups is 1. The quantitative estimate of drug-likeness (QED) is 0.603. The normalized spacial score (nSPS) is 25.4. The van der Waals surface area contributed by atoms with Gasteiger partial charge in [-0.15, -0.1) is 0 Å². The van der Waals surface area contributed by atoms with Crippen LogP contribution >= 0.6 is 0 Å². The maximum Gasteiger partial charge on any atom is 0.391 e. The molecular formula is C16H27F3O. The van der Waals surface area contributed by atoms with Crippen LogP contribution in [0.3, 0.4) is 0 Å². The molecular weight excluding hydrogens is 265 g/mol. The van der Waals surface area contributed by atoms with Crippen LogP contribution in [0.1, 0.15) is 71.6 Å². The van der Waals surface area contributed by atoms with E-state index in [1.54, 1.807) is 0 Å². The van der Waals surface area contributed by atoms with E-state index in [1.807, 2.05) is 0 Å². The highest BCUT2D eigenvalue weighted by molar-refractivity contribution is 5.81. The third-order valence-corrected chi connectivity index (χ3v) is 4.68. The lowest BCUT2D eigenvalue weighted by Gasteiger charge is -2.29. The van der Waals surface area contributed by atoms with Crippen molar-refractivity contribution in [3.63, 3.8) is 0 Å². The molecule has 0 heterocycles. The van der Waals surface area contributed by atoms with E-state index in [0.717, 1.165) is 25.7 Å². The summed E-state index contributed by atoms with van der Waals surface area (Å²) in [5, 5.41) is 0. The Balaban J connectivity index is 2.38. The molecule has 0 aromatic heterocycles. The Morgan fingerprint density at radius 2 is 1.75 bits per heavy atom. The minimum atomic E-state index is -4.08. The van der Waals surface area contributed by atoms with Crippen molar-refractivity contribution in [2.75, 3.05) is 0 Å². The van der Waals surface area contributed by atoms with Gasteiger partial charge in [-0.3, -0.25) is 4.79 Å². The number of halogens is 3. The molecule has 1 fully saturated rings. The zero-order valence-corrected chi connectivity index (χ0v) is 12.6. The molecule has 0 aromatic carbocycles. The molecule has 0 bridgehead atoms. The molecule has 1 aliphatic carbocycles. The summed E-state index contributed by atoms with van der Waals surface area (Å²) >= 11 is 0. The first-order valence-electron chi connectivity index (χ1n) is 7.97. The summed E-state index contributed by atoms with van der Waals surface area (Å²) in [7, 11) is 0. The van der Waals surface area contributed by atoms with E-state index in [4.69, 9.17) is 0 Å². The number of hydrogen-bond donors (Lipinski definition) is 0. The minimum absolute atomic E-state index is 0.121. The maximum absolute atomic E-state index is 12.6. The van der Waals surface area contributed by atoms with Crippen LogP contribution in [0.4, 0.5) is 13.2 Å². The van der Waals surface area contributed by atoms with E-state index < -0.39 is 12.1 Å². The summed E-state index contributed by atoms with van der Waals surface area (Å²) < 4.78 is 37.8. The highest BCUT2D eigenvalue weighted by atomic mass is 19.4. The van der Waals surface area contributed by atoms with Crippen molar-refractivity contribution < 1.29 is 18.0 Å². The Labute approximate surface area is 120 Å². The lowest BCUT2D eigenvalue weighted by Crippen LogP contribution is -2.30. The van der Waals surface area contributed by atoms with Gasteiger partial charge in [-0.05, 0) is 31.6 Å². The first kappa shape index (κ1) is 17.5. The van der Waals surface area contributed by atoms with Crippen LogP contribution in [0.25, 0.3) is 0 Å². The van der Waals surface area contributed by atoms with Gasteiger partial charge in [0, 0.05) is 12.3 Å². The topological polar surface area (TPSA) is 17.1 Å². The van der Waals surface area contributed by atoms with Crippen LogP contribution in [-0.2, 0) is 4.79 Å². The Morgan fingerprint density at radius 3 is 2.20 bits per heavy atom. The van der Waals surface area contributed by atoms with Crippen molar-refractivity contribution in [1.29, 1.82) is 0 Å². The van der Waals surface area contributed by atoms with Crippen LogP contribution in [0, 0.1) is 17.8 Å². The van der Waals surface area contributed by atoms with E-state index >= 15 is 0 Å². The largest absolute Gasteiger partial charge is 0.391 e.